The van der Waals surface area contributed by atoms with Crippen LogP contribution in [-0.2, 0) is 17.8 Å². The molecule has 2 aromatic heterocycles. The number of aryl methyl sites for hydroxylation is 1. The van der Waals surface area contributed by atoms with Crippen molar-refractivity contribution in [1.29, 1.82) is 0 Å². The fraction of sp³-hybridized carbons (Fsp3) is 0.263. The molecule has 1 aromatic carbocycles. The highest BCUT2D eigenvalue weighted by molar-refractivity contribution is 5.86. The maximum Gasteiger partial charge on any atom is 0.239 e. The quantitative estimate of drug-likeness (QED) is 0.697. The second-order valence-corrected chi connectivity index (χ2v) is 6.17. The molecular formula is C19H24Cl2N4O. The lowest BCUT2D eigenvalue weighted by Crippen LogP contribution is -2.42. The van der Waals surface area contributed by atoms with Crippen molar-refractivity contribution in [1.82, 2.24) is 14.9 Å². The minimum atomic E-state index is -0.559. The molecule has 0 spiro atoms. The van der Waals surface area contributed by atoms with Gasteiger partial charge in [-0.1, -0.05) is 18.2 Å². The van der Waals surface area contributed by atoms with Crippen molar-refractivity contribution in [3.05, 3.63) is 65.6 Å². The number of hydrogen-bond acceptors (Lipinski definition) is 3. The van der Waals surface area contributed by atoms with E-state index in [1.165, 1.54) is 0 Å². The number of nitrogens with zero attached hydrogens (tertiary/aromatic N) is 2. The monoisotopic (exact) mass is 394 g/mol. The molecule has 3 rings (SSSR count). The molecule has 0 aliphatic rings. The van der Waals surface area contributed by atoms with E-state index in [1.54, 1.807) is 24.3 Å². The number of hydrogen-bond donors (Lipinski definition) is 2. The van der Waals surface area contributed by atoms with Gasteiger partial charge in [0.05, 0.1) is 6.04 Å². The fourth-order valence-corrected chi connectivity index (χ4v) is 2.92. The molecule has 3 aromatic rings. The smallest absolute Gasteiger partial charge is 0.239 e. The van der Waals surface area contributed by atoms with Crippen LogP contribution in [0.15, 0.2) is 48.9 Å². The van der Waals surface area contributed by atoms with Crippen LogP contribution in [0.5, 0.6) is 0 Å². The van der Waals surface area contributed by atoms with E-state index in [4.69, 9.17) is 5.73 Å². The first kappa shape index (κ1) is 22.0. The molecule has 0 unspecified atom stereocenters. The van der Waals surface area contributed by atoms with Crippen LogP contribution in [0.3, 0.4) is 0 Å². The Labute approximate surface area is 165 Å². The zero-order valence-corrected chi connectivity index (χ0v) is 16.4. The van der Waals surface area contributed by atoms with Gasteiger partial charge in [-0.3, -0.25) is 9.78 Å². The number of halogens is 2. The average Bonchev–Trinajstić information content (AvgIpc) is 2.99. The molecule has 1 atom stereocenters. The van der Waals surface area contributed by atoms with Crippen molar-refractivity contribution < 1.29 is 4.79 Å². The second-order valence-electron chi connectivity index (χ2n) is 6.17. The Bertz CT molecular complexity index is 865. The van der Waals surface area contributed by atoms with Gasteiger partial charge in [-0.25, -0.2) is 0 Å². The number of pyridine rings is 1. The molecule has 0 aliphatic carbocycles. The number of fused-ring (bicyclic) bond motifs is 1. The molecule has 0 radical (unpaired) electrons. The molecule has 0 saturated carbocycles. The van der Waals surface area contributed by atoms with Crippen LogP contribution < -0.4 is 5.73 Å². The second kappa shape index (κ2) is 9.57. The summed E-state index contributed by atoms with van der Waals surface area (Å²) in [5.41, 5.74) is 10.5. The van der Waals surface area contributed by atoms with Gasteiger partial charge in [0, 0.05) is 43.1 Å². The predicted octanol–water partition coefficient (Wildman–Crippen LogP) is 3.24. The topological polar surface area (TPSA) is 75.0 Å². The number of H-pyrrole nitrogens is 1. The molecule has 26 heavy (non-hydrogen) atoms. The van der Waals surface area contributed by atoms with Crippen molar-refractivity contribution in [2.45, 2.75) is 25.9 Å². The van der Waals surface area contributed by atoms with Gasteiger partial charge in [-0.2, -0.15) is 0 Å². The zero-order valence-electron chi connectivity index (χ0n) is 14.8. The summed E-state index contributed by atoms with van der Waals surface area (Å²) in [4.78, 5) is 21.6. The lowest BCUT2D eigenvalue weighted by atomic mass is 10.0. The molecular weight excluding hydrogens is 371 g/mol. The third-order valence-corrected chi connectivity index (χ3v) is 4.35. The maximum absolute atomic E-state index is 12.6. The van der Waals surface area contributed by atoms with E-state index >= 15 is 0 Å². The van der Waals surface area contributed by atoms with E-state index in [2.05, 4.69) is 9.97 Å². The Morgan fingerprint density at radius 1 is 1.23 bits per heavy atom. The Morgan fingerprint density at radius 3 is 2.69 bits per heavy atom. The Kier molecular flexibility index (Phi) is 8.08. The van der Waals surface area contributed by atoms with Crippen LogP contribution in [-0.4, -0.2) is 33.9 Å². The Hall–Kier alpha value is -2.08. The summed E-state index contributed by atoms with van der Waals surface area (Å²) in [6.07, 6.45) is 6.00. The van der Waals surface area contributed by atoms with E-state index in [0.29, 0.717) is 13.0 Å². The largest absolute Gasteiger partial charge is 0.361 e. The van der Waals surface area contributed by atoms with Crippen molar-refractivity contribution in [3.63, 3.8) is 0 Å². The van der Waals surface area contributed by atoms with Crippen LogP contribution in [0.1, 0.15) is 16.7 Å². The van der Waals surface area contributed by atoms with Crippen LogP contribution >= 0.6 is 24.8 Å². The van der Waals surface area contributed by atoms with Gasteiger partial charge in [-0.15, -0.1) is 24.8 Å². The van der Waals surface area contributed by atoms with Gasteiger partial charge >= 0.3 is 0 Å². The number of likely N-dealkylation sites (N-methyl/N-ethyl adjacent to an activating group) is 1. The van der Waals surface area contributed by atoms with E-state index in [9.17, 15) is 4.79 Å². The van der Waals surface area contributed by atoms with Crippen LogP contribution in [0.25, 0.3) is 10.9 Å². The maximum atomic E-state index is 12.6. The highest BCUT2D eigenvalue weighted by Gasteiger charge is 2.20. The molecule has 7 heteroatoms. The van der Waals surface area contributed by atoms with Gasteiger partial charge in [0.15, 0.2) is 0 Å². The summed E-state index contributed by atoms with van der Waals surface area (Å²) < 4.78 is 0. The third-order valence-electron chi connectivity index (χ3n) is 4.35. The highest BCUT2D eigenvalue weighted by atomic mass is 35.5. The van der Waals surface area contributed by atoms with E-state index in [-0.39, 0.29) is 30.7 Å². The van der Waals surface area contributed by atoms with E-state index in [0.717, 1.165) is 27.6 Å². The van der Waals surface area contributed by atoms with E-state index < -0.39 is 6.04 Å². The average molecular weight is 395 g/mol. The summed E-state index contributed by atoms with van der Waals surface area (Å²) in [6.45, 7) is 2.53. The standard InChI is InChI=1S/C19H22N4O.2ClH/c1-13-10-21-8-7-14(13)12-23(2)19(24)17(20)9-15-11-22-18-6-4-3-5-16(15)18;;/h3-8,10-11,17,22H,9,12,20H2,1-2H3;2*1H/t17-;;/m0../s1. The Balaban J connectivity index is 0.00000169. The van der Waals surface area contributed by atoms with Gasteiger partial charge in [0.25, 0.3) is 0 Å². The van der Waals surface area contributed by atoms with Gasteiger partial charge < -0.3 is 15.6 Å². The highest BCUT2D eigenvalue weighted by Crippen LogP contribution is 2.19. The Morgan fingerprint density at radius 2 is 1.96 bits per heavy atom. The molecule has 0 saturated heterocycles. The number of nitrogens with two attached hydrogens (primary N) is 1. The van der Waals surface area contributed by atoms with Gasteiger partial charge in [0.1, 0.15) is 0 Å². The molecule has 5 nitrogen and oxygen atoms in total. The summed E-state index contributed by atoms with van der Waals surface area (Å²) in [5, 5.41) is 1.12. The number of amides is 1. The number of nitrogens with one attached hydrogen (secondary N) is 1. The van der Waals surface area contributed by atoms with Crippen LogP contribution in [0, 0.1) is 6.92 Å². The first-order chi connectivity index (χ1) is 11.6. The number of carbonyl (C=O) groups excluding carboxylic acids is 1. The lowest BCUT2D eigenvalue weighted by Gasteiger charge is -2.22. The molecule has 1 amide bonds. The minimum absolute atomic E-state index is 0. The summed E-state index contributed by atoms with van der Waals surface area (Å²) in [6, 6.07) is 9.41. The zero-order chi connectivity index (χ0) is 17.1. The summed E-state index contributed by atoms with van der Waals surface area (Å²) in [5.74, 6) is -0.0588. The van der Waals surface area contributed by atoms with Crippen molar-refractivity contribution in [3.8, 4) is 0 Å². The normalized spacial score (nSPS) is 11.3. The van der Waals surface area contributed by atoms with Crippen molar-refractivity contribution >= 4 is 41.6 Å². The molecule has 140 valence electrons. The molecule has 0 bridgehead atoms. The first-order valence-corrected chi connectivity index (χ1v) is 8.01. The molecule has 0 fully saturated rings. The summed E-state index contributed by atoms with van der Waals surface area (Å²) >= 11 is 0. The van der Waals surface area contributed by atoms with Crippen LogP contribution in [0.2, 0.25) is 0 Å². The van der Waals surface area contributed by atoms with Crippen LogP contribution in [0.4, 0.5) is 0 Å². The summed E-state index contributed by atoms with van der Waals surface area (Å²) in [7, 11) is 1.79. The van der Waals surface area contributed by atoms with Crippen molar-refractivity contribution in [2.24, 2.45) is 5.73 Å². The fourth-order valence-electron chi connectivity index (χ4n) is 2.92. The third kappa shape index (κ3) is 4.75. The molecule has 3 N–H and O–H groups in total. The SMILES string of the molecule is Cc1cnccc1CN(C)C(=O)[C@@H](N)Cc1c[nH]c2ccccc12.Cl.Cl. The number of carbonyl (C=O) groups is 1. The number of benzene rings is 1. The molecule has 2 heterocycles. The predicted molar refractivity (Wildman–Crippen MR) is 110 cm³/mol. The van der Waals surface area contributed by atoms with Gasteiger partial charge in [-0.05, 0) is 42.2 Å². The van der Waals surface area contributed by atoms with E-state index in [1.807, 2.05) is 43.5 Å². The minimum Gasteiger partial charge on any atom is -0.361 e. The first-order valence-electron chi connectivity index (χ1n) is 8.01. The lowest BCUT2D eigenvalue weighted by molar-refractivity contribution is -0.131. The number of aromatic nitrogens is 2. The van der Waals surface area contributed by atoms with Gasteiger partial charge in [0.2, 0.25) is 5.91 Å². The number of aromatic amines is 1. The number of rotatable bonds is 5. The molecule has 0 aliphatic heterocycles. The van der Waals surface area contributed by atoms with Crippen molar-refractivity contribution in [2.75, 3.05) is 7.05 Å². The number of para-hydroxylation sites is 1.